The van der Waals surface area contributed by atoms with Crippen LogP contribution in [0.2, 0.25) is 0 Å². The van der Waals surface area contributed by atoms with E-state index in [9.17, 15) is 0 Å². The highest BCUT2D eigenvalue weighted by molar-refractivity contribution is 5.67. The molecule has 0 aromatic heterocycles. The quantitative estimate of drug-likeness (QED) is 0.368. The van der Waals surface area contributed by atoms with Crippen LogP contribution in [0, 0.1) is 0 Å². The minimum Gasteiger partial charge on any atom is -0.491 e. The first kappa shape index (κ1) is 25.3. The monoisotopic (exact) mass is 494 g/mol. The fourth-order valence-corrected chi connectivity index (χ4v) is 4.93. The van der Waals surface area contributed by atoms with Crippen LogP contribution in [-0.2, 0) is 18.9 Å². The molecule has 2 aromatic carbocycles. The maximum Gasteiger partial charge on any atom is 0.122 e. The standard InChI is InChI=1S/C30H38O6/c1-29(19-35-29)27(31-3)17-33-25-13-9-23(10-14-25)21-5-7-22(8-6-21)24-11-15-26(16-12-24)34-18-28(32-4)30(2)20-36-30/h5,9-16,22,27-28H,6-8,17-20H2,1-4H3. The highest BCUT2D eigenvalue weighted by Crippen LogP contribution is 2.37. The van der Waals surface area contributed by atoms with Crippen molar-refractivity contribution in [3.8, 4) is 11.5 Å². The fraction of sp³-hybridized carbons (Fsp3) is 0.533. The van der Waals surface area contributed by atoms with E-state index in [1.165, 1.54) is 16.7 Å². The van der Waals surface area contributed by atoms with Gasteiger partial charge in [-0.15, -0.1) is 0 Å². The molecule has 2 aromatic rings. The minimum atomic E-state index is -0.206. The predicted molar refractivity (Wildman–Crippen MR) is 139 cm³/mol. The van der Waals surface area contributed by atoms with Gasteiger partial charge in [0.1, 0.15) is 48.1 Å². The molecule has 6 nitrogen and oxygen atoms in total. The maximum atomic E-state index is 5.97. The highest BCUT2D eigenvalue weighted by Gasteiger charge is 2.48. The molecule has 2 saturated heterocycles. The van der Waals surface area contributed by atoms with Crippen molar-refractivity contribution in [3.05, 3.63) is 65.7 Å². The largest absolute Gasteiger partial charge is 0.491 e. The molecule has 2 heterocycles. The summed E-state index contributed by atoms with van der Waals surface area (Å²) in [4.78, 5) is 0. The second-order valence-corrected chi connectivity index (χ2v) is 10.6. The van der Waals surface area contributed by atoms with Gasteiger partial charge in [0.25, 0.3) is 0 Å². The summed E-state index contributed by atoms with van der Waals surface area (Å²) >= 11 is 0. The molecule has 2 fully saturated rings. The average molecular weight is 495 g/mol. The molecule has 3 aliphatic rings. The summed E-state index contributed by atoms with van der Waals surface area (Å²) in [7, 11) is 3.41. The zero-order chi connectivity index (χ0) is 25.2. The van der Waals surface area contributed by atoms with Crippen LogP contribution in [0.15, 0.2) is 54.6 Å². The number of hydrogen-bond donors (Lipinski definition) is 0. The molecule has 1 aliphatic carbocycles. The van der Waals surface area contributed by atoms with Gasteiger partial charge in [-0.05, 0) is 80.0 Å². The van der Waals surface area contributed by atoms with Crippen molar-refractivity contribution >= 4 is 5.57 Å². The third-order valence-electron chi connectivity index (χ3n) is 7.92. The molecule has 0 radical (unpaired) electrons. The van der Waals surface area contributed by atoms with E-state index in [4.69, 9.17) is 28.4 Å². The Balaban J connectivity index is 1.11. The van der Waals surface area contributed by atoms with Gasteiger partial charge in [-0.1, -0.05) is 30.3 Å². The molecule has 194 valence electrons. The first-order valence-electron chi connectivity index (χ1n) is 12.9. The lowest BCUT2D eigenvalue weighted by atomic mass is 9.83. The highest BCUT2D eigenvalue weighted by atomic mass is 16.6. The van der Waals surface area contributed by atoms with E-state index in [1.807, 2.05) is 12.1 Å². The first-order valence-corrected chi connectivity index (χ1v) is 12.9. The molecule has 2 aliphatic heterocycles. The zero-order valence-electron chi connectivity index (χ0n) is 21.8. The van der Waals surface area contributed by atoms with Crippen LogP contribution in [0.1, 0.15) is 50.2 Å². The van der Waals surface area contributed by atoms with Crippen molar-refractivity contribution in [2.24, 2.45) is 0 Å². The van der Waals surface area contributed by atoms with Crippen LogP contribution in [0.4, 0.5) is 0 Å². The topological polar surface area (TPSA) is 62.0 Å². The van der Waals surface area contributed by atoms with Crippen LogP contribution < -0.4 is 9.47 Å². The number of epoxide rings is 2. The number of methoxy groups -OCH3 is 2. The Bertz CT molecular complexity index is 1040. The van der Waals surface area contributed by atoms with E-state index in [0.717, 1.165) is 44.0 Å². The predicted octanol–water partition coefficient (Wildman–Crippen LogP) is 5.40. The molecule has 36 heavy (non-hydrogen) atoms. The summed E-state index contributed by atoms with van der Waals surface area (Å²) in [6.45, 7) is 6.55. The summed E-state index contributed by atoms with van der Waals surface area (Å²) in [5.74, 6) is 2.26. The van der Waals surface area contributed by atoms with E-state index in [0.29, 0.717) is 19.1 Å². The van der Waals surface area contributed by atoms with Crippen LogP contribution in [0.3, 0.4) is 0 Å². The molecule has 0 N–H and O–H groups in total. The molecular weight excluding hydrogens is 456 g/mol. The lowest BCUT2D eigenvalue weighted by Crippen LogP contribution is -2.34. The van der Waals surface area contributed by atoms with Crippen molar-refractivity contribution in [1.82, 2.24) is 0 Å². The summed E-state index contributed by atoms with van der Waals surface area (Å²) in [5, 5.41) is 0. The Kier molecular flexibility index (Phi) is 7.40. The summed E-state index contributed by atoms with van der Waals surface area (Å²) in [5.41, 5.74) is 3.63. The third-order valence-corrected chi connectivity index (χ3v) is 7.92. The van der Waals surface area contributed by atoms with Gasteiger partial charge in [-0.3, -0.25) is 0 Å². The van der Waals surface area contributed by atoms with Gasteiger partial charge in [0, 0.05) is 14.2 Å². The van der Waals surface area contributed by atoms with E-state index < -0.39 is 0 Å². The van der Waals surface area contributed by atoms with Gasteiger partial charge >= 0.3 is 0 Å². The third kappa shape index (κ3) is 5.78. The average Bonchev–Trinajstić information content (AvgIpc) is 3.84. The molecular formula is C30H38O6. The van der Waals surface area contributed by atoms with E-state index >= 15 is 0 Å². The Labute approximate surface area is 214 Å². The SMILES string of the molecule is COC(COc1ccc(C2=CCC(c3ccc(OCC(OC)C4(C)CO4)cc3)CC2)cc1)C1(C)CO1. The number of ether oxygens (including phenoxy) is 6. The molecule has 5 atom stereocenters. The van der Waals surface area contributed by atoms with Gasteiger partial charge < -0.3 is 28.4 Å². The lowest BCUT2D eigenvalue weighted by Gasteiger charge is -2.23. The summed E-state index contributed by atoms with van der Waals surface area (Å²) in [6.07, 6.45) is 5.53. The fourth-order valence-electron chi connectivity index (χ4n) is 4.93. The van der Waals surface area contributed by atoms with Crippen molar-refractivity contribution in [2.45, 2.75) is 62.4 Å². The van der Waals surface area contributed by atoms with Crippen molar-refractivity contribution in [3.63, 3.8) is 0 Å². The Morgan fingerprint density at radius 1 is 0.806 bits per heavy atom. The van der Waals surface area contributed by atoms with Crippen LogP contribution >= 0.6 is 0 Å². The Hall–Kier alpha value is -2.38. The Morgan fingerprint density at radius 2 is 1.31 bits per heavy atom. The van der Waals surface area contributed by atoms with Gasteiger partial charge in [0.2, 0.25) is 0 Å². The van der Waals surface area contributed by atoms with E-state index in [-0.39, 0.29) is 23.4 Å². The van der Waals surface area contributed by atoms with Crippen molar-refractivity contribution in [1.29, 1.82) is 0 Å². The summed E-state index contributed by atoms with van der Waals surface area (Å²) < 4.78 is 34.0. The van der Waals surface area contributed by atoms with E-state index in [1.54, 1.807) is 14.2 Å². The molecule has 6 heteroatoms. The molecule has 0 saturated carbocycles. The normalized spacial score (nSPS) is 28.7. The molecule has 0 bridgehead atoms. The second kappa shape index (κ2) is 10.5. The van der Waals surface area contributed by atoms with Crippen LogP contribution in [0.25, 0.3) is 5.57 Å². The first-order chi connectivity index (χ1) is 17.4. The number of rotatable bonds is 12. The summed E-state index contributed by atoms with van der Waals surface area (Å²) in [6, 6.07) is 16.9. The number of allylic oxidation sites excluding steroid dienone is 2. The smallest absolute Gasteiger partial charge is 0.122 e. The van der Waals surface area contributed by atoms with Gasteiger partial charge in [-0.2, -0.15) is 0 Å². The molecule has 5 unspecified atom stereocenters. The van der Waals surface area contributed by atoms with Gasteiger partial charge in [0.05, 0.1) is 13.2 Å². The molecule has 5 rings (SSSR count). The zero-order valence-corrected chi connectivity index (χ0v) is 21.8. The minimum absolute atomic E-state index is 0.0530. The van der Waals surface area contributed by atoms with Gasteiger partial charge in [0.15, 0.2) is 0 Å². The number of hydrogen-bond acceptors (Lipinski definition) is 6. The lowest BCUT2D eigenvalue weighted by molar-refractivity contribution is 0.00493. The molecule has 0 spiro atoms. The van der Waals surface area contributed by atoms with Crippen molar-refractivity contribution in [2.75, 3.05) is 40.6 Å². The maximum absolute atomic E-state index is 5.97. The molecule has 0 amide bonds. The van der Waals surface area contributed by atoms with E-state index in [2.05, 4.69) is 56.3 Å². The van der Waals surface area contributed by atoms with Gasteiger partial charge in [-0.25, -0.2) is 0 Å². The second-order valence-electron chi connectivity index (χ2n) is 10.6. The van der Waals surface area contributed by atoms with Crippen LogP contribution in [0.5, 0.6) is 11.5 Å². The Morgan fingerprint density at radius 3 is 1.72 bits per heavy atom. The number of benzene rings is 2. The van der Waals surface area contributed by atoms with Crippen LogP contribution in [-0.4, -0.2) is 64.1 Å². The van der Waals surface area contributed by atoms with Crippen molar-refractivity contribution < 1.29 is 28.4 Å².